The predicted molar refractivity (Wildman–Crippen MR) is 58.7 cm³/mol. The van der Waals surface area contributed by atoms with Crippen molar-refractivity contribution in [1.29, 1.82) is 0 Å². The number of carbonyl (C=O) groups excluding carboxylic acids is 1. The van der Waals surface area contributed by atoms with Crippen LogP contribution in [0.2, 0.25) is 0 Å². The highest BCUT2D eigenvalue weighted by molar-refractivity contribution is 6.02. The number of hydrogen-bond donors (Lipinski definition) is 3. The van der Waals surface area contributed by atoms with Crippen LogP contribution in [0.25, 0.3) is 0 Å². The van der Waals surface area contributed by atoms with E-state index < -0.39 is 11.5 Å². The third-order valence-electron chi connectivity index (χ3n) is 1.93. The van der Waals surface area contributed by atoms with Gasteiger partial charge in [-0.15, -0.1) is 0 Å². The molecule has 0 bridgehead atoms. The normalized spacial score (nSPS) is 9.88. The minimum absolute atomic E-state index is 0.0228. The summed E-state index contributed by atoms with van der Waals surface area (Å²) in [5.74, 6) is -0.689. The van der Waals surface area contributed by atoms with E-state index in [4.69, 9.17) is 0 Å². The highest BCUT2D eigenvalue weighted by atomic mass is 16.3. The molecule has 0 saturated heterocycles. The summed E-state index contributed by atoms with van der Waals surface area (Å²) in [4.78, 5) is 26.2. The molecule has 2 aromatic heterocycles. The van der Waals surface area contributed by atoms with E-state index in [1.807, 2.05) is 0 Å². The van der Waals surface area contributed by atoms with Crippen molar-refractivity contribution >= 4 is 11.7 Å². The van der Waals surface area contributed by atoms with Gasteiger partial charge in [0.1, 0.15) is 5.69 Å². The SMILES string of the molecule is O=C(Nc1ncccc1O)c1ccc(=O)[nH]n1. The zero-order chi connectivity index (χ0) is 12.3. The number of aromatic nitrogens is 3. The van der Waals surface area contributed by atoms with Crippen molar-refractivity contribution in [3.05, 3.63) is 46.5 Å². The molecule has 2 rings (SSSR count). The molecule has 0 radical (unpaired) electrons. The van der Waals surface area contributed by atoms with E-state index in [1.54, 1.807) is 0 Å². The van der Waals surface area contributed by atoms with Crippen LogP contribution in [0.5, 0.6) is 5.75 Å². The monoisotopic (exact) mass is 232 g/mol. The molecule has 1 amide bonds. The highest BCUT2D eigenvalue weighted by Crippen LogP contribution is 2.18. The third kappa shape index (κ3) is 2.46. The second-order valence-corrected chi connectivity index (χ2v) is 3.13. The standard InChI is InChI=1S/C10H8N4O3/c15-7-2-1-5-11-9(7)12-10(17)6-3-4-8(16)14-13-6/h1-5,15H,(H,14,16)(H,11,12,17). The fourth-order valence-electron chi connectivity index (χ4n) is 1.14. The van der Waals surface area contributed by atoms with Gasteiger partial charge in [0, 0.05) is 12.3 Å². The van der Waals surface area contributed by atoms with Crippen LogP contribution in [0.15, 0.2) is 35.3 Å². The zero-order valence-corrected chi connectivity index (χ0v) is 8.54. The van der Waals surface area contributed by atoms with E-state index in [-0.39, 0.29) is 17.3 Å². The summed E-state index contributed by atoms with van der Waals surface area (Å²) >= 11 is 0. The lowest BCUT2D eigenvalue weighted by Gasteiger charge is -2.04. The molecule has 3 N–H and O–H groups in total. The Morgan fingerprint density at radius 2 is 2.18 bits per heavy atom. The van der Waals surface area contributed by atoms with Gasteiger partial charge in [-0.3, -0.25) is 9.59 Å². The molecule has 0 atom stereocenters. The summed E-state index contributed by atoms with van der Waals surface area (Å²) < 4.78 is 0. The molecular weight excluding hydrogens is 224 g/mol. The second kappa shape index (κ2) is 4.44. The molecular formula is C10H8N4O3. The molecule has 2 heterocycles. The van der Waals surface area contributed by atoms with Gasteiger partial charge in [0.2, 0.25) is 0 Å². The topological polar surface area (TPSA) is 108 Å². The summed E-state index contributed by atoms with van der Waals surface area (Å²) in [6.45, 7) is 0. The molecule has 0 aliphatic carbocycles. The van der Waals surface area contributed by atoms with Gasteiger partial charge in [0.25, 0.3) is 11.5 Å². The van der Waals surface area contributed by atoms with E-state index >= 15 is 0 Å². The first-order valence-corrected chi connectivity index (χ1v) is 4.68. The van der Waals surface area contributed by atoms with Crippen molar-refractivity contribution in [1.82, 2.24) is 15.2 Å². The van der Waals surface area contributed by atoms with E-state index in [2.05, 4.69) is 20.5 Å². The van der Waals surface area contributed by atoms with Crippen molar-refractivity contribution in [3.8, 4) is 5.75 Å². The smallest absolute Gasteiger partial charge is 0.277 e. The van der Waals surface area contributed by atoms with Crippen LogP contribution >= 0.6 is 0 Å². The Morgan fingerprint density at radius 3 is 2.82 bits per heavy atom. The van der Waals surface area contributed by atoms with Crippen LogP contribution in [0.3, 0.4) is 0 Å². The van der Waals surface area contributed by atoms with Crippen molar-refractivity contribution in [2.45, 2.75) is 0 Å². The number of anilines is 1. The average Bonchev–Trinajstić information content (AvgIpc) is 2.33. The number of nitrogens with zero attached hydrogens (tertiary/aromatic N) is 2. The van der Waals surface area contributed by atoms with Crippen LogP contribution in [0, 0.1) is 0 Å². The number of rotatable bonds is 2. The number of nitrogens with one attached hydrogen (secondary N) is 2. The Balaban J connectivity index is 2.20. The number of aromatic hydroxyl groups is 1. The quantitative estimate of drug-likeness (QED) is 0.681. The molecule has 0 aliphatic heterocycles. The van der Waals surface area contributed by atoms with Crippen LogP contribution in [0.4, 0.5) is 5.82 Å². The molecule has 0 aliphatic rings. The van der Waals surface area contributed by atoms with Crippen LogP contribution in [-0.2, 0) is 0 Å². The van der Waals surface area contributed by atoms with Gasteiger partial charge < -0.3 is 10.4 Å². The number of amides is 1. The first-order chi connectivity index (χ1) is 8.16. The highest BCUT2D eigenvalue weighted by Gasteiger charge is 2.10. The fourth-order valence-corrected chi connectivity index (χ4v) is 1.14. The Kier molecular flexibility index (Phi) is 2.82. The minimum atomic E-state index is -0.574. The zero-order valence-electron chi connectivity index (χ0n) is 8.54. The first kappa shape index (κ1) is 10.8. The number of hydrogen-bond acceptors (Lipinski definition) is 5. The van der Waals surface area contributed by atoms with Gasteiger partial charge >= 0.3 is 0 Å². The molecule has 0 saturated carbocycles. The Labute approximate surface area is 95.1 Å². The molecule has 17 heavy (non-hydrogen) atoms. The summed E-state index contributed by atoms with van der Waals surface area (Å²) in [7, 11) is 0. The molecule has 7 heteroatoms. The van der Waals surface area contributed by atoms with Gasteiger partial charge in [-0.25, -0.2) is 10.1 Å². The lowest BCUT2D eigenvalue weighted by atomic mass is 10.3. The molecule has 0 spiro atoms. The van der Waals surface area contributed by atoms with E-state index in [9.17, 15) is 14.7 Å². The van der Waals surface area contributed by atoms with Crippen LogP contribution in [0.1, 0.15) is 10.5 Å². The summed E-state index contributed by atoms with van der Waals surface area (Å²) in [6, 6.07) is 5.38. The van der Waals surface area contributed by atoms with Crippen molar-refractivity contribution in [3.63, 3.8) is 0 Å². The average molecular weight is 232 g/mol. The number of pyridine rings is 1. The van der Waals surface area contributed by atoms with Gasteiger partial charge in [0.05, 0.1) is 0 Å². The summed E-state index contributed by atoms with van der Waals surface area (Å²) in [6.07, 6.45) is 1.43. The van der Waals surface area contributed by atoms with E-state index in [0.717, 1.165) is 0 Å². The predicted octanol–water partition coefficient (Wildman–Crippen LogP) is 0.123. The van der Waals surface area contributed by atoms with Crippen molar-refractivity contribution < 1.29 is 9.90 Å². The van der Waals surface area contributed by atoms with Crippen LogP contribution in [-0.4, -0.2) is 26.2 Å². The van der Waals surface area contributed by atoms with E-state index in [1.165, 1.54) is 30.5 Å². The van der Waals surface area contributed by atoms with Gasteiger partial charge in [-0.2, -0.15) is 5.10 Å². The molecule has 0 unspecified atom stereocenters. The van der Waals surface area contributed by atoms with Gasteiger partial charge in [0.15, 0.2) is 11.6 Å². The third-order valence-corrected chi connectivity index (χ3v) is 1.93. The molecule has 2 aromatic rings. The maximum Gasteiger partial charge on any atom is 0.277 e. The van der Waals surface area contributed by atoms with Crippen molar-refractivity contribution in [2.24, 2.45) is 0 Å². The summed E-state index contributed by atoms with van der Waals surface area (Å²) in [5, 5.41) is 17.4. The fraction of sp³-hybridized carbons (Fsp3) is 0. The van der Waals surface area contributed by atoms with Crippen molar-refractivity contribution in [2.75, 3.05) is 5.32 Å². The largest absolute Gasteiger partial charge is 0.504 e. The minimum Gasteiger partial charge on any atom is -0.504 e. The molecule has 0 fully saturated rings. The maximum atomic E-state index is 11.6. The van der Waals surface area contributed by atoms with Crippen LogP contribution < -0.4 is 10.9 Å². The first-order valence-electron chi connectivity index (χ1n) is 4.68. The molecule has 86 valence electrons. The summed E-state index contributed by atoms with van der Waals surface area (Å²) in [5.41, 5.74) is -0.378. The van der Waals surface area contributed by atoms with Gasteiger partial charge in [-0.1, -0.05) is 0 Å². The Morgan fingerprint density at radius 1 is 1.35 bits per heavy atom. The van der Waals surface area contributed by atoms with E-state index in [0.29, 0.717) is 0 Å². The molecule has 0 aromatic carbocycles. The molecule has 7 nitrogen and oxygen atoms in total. The Bertz CT molecular complexity index is 588. The number of H-pyrrole nitrogens is 1. The second-order valence-electron chi connectivity index (χ2n) is 3.13. The number of carbonyl (C=O) groups is 1. The Hall–Kier alpha value is -2.70. The lowest BCUT2D eigenvalue weighted by molar-refractivity contribution is 0.102. The lowest BCUT2D eigenvalue weighted by Crippen LogP contribution is -2.18. The van der Waals surface area contributed by atoms with Gasteiger partial charge in [-0.05, 0) is 18.2 Å². The number of aromatic amines is 1. The maximum absolute atomic E-state index is 11.6.